The van der Waals surface area contributed by atoms with Crippen LogP contribution in [0.2, 0.25) is 0 Å². The quantitative estimate of drug-likeness (QED) is 0.493. The molecule has 1 atom stereocenters. The molecule has 0 fully saturated rings. The number of benzene rings is 1. The van der Waals surface area contributed by atoms with Crippen LogP contribution in [0.15, 0.2) is 38.7 Å². The molecule has 2 heterocycles. The summed E-state index contributed by atoms with van der Waals surface area (Å²) in [5, 5.41) is 5.79. The van der Waals surface area contributed by atoms with E-state index in [2.05, 4.69) is 36.5 Å². The fraction of sp³-hybridized carbons (Fsp3) is 0.294. The molecule has 0 spiro atoms. The number of H-pyrrole nitrogens is 1. The smallest absolute Gasteiger partial charge is 0.257 e. The summed E-state index contributed by atoms with van der Waals surface area (Å²) in [7, 11) is 0. The number of aromatic amines is 1. The van der Waals surface area contributed by atoms with Crippen LogP contribution in [0.25, 0.3) is 0 Å². The zero-order valence-electron chi connectivity index (χ0n) is 14.0. The van der Waals surface area contributed by atoms with Gasteiger partial charge in [0.2, 0.25) is 11.8 Å². The molecule has 0 radical (unpaired) electrons. The number of hydrogen-bond acceptors (Lipinski definition) is 5. The summed E-state index contributed by atoms with van der Waals surface area (Å²) in [6.07, 6.45) is 0.828. The summed E-state index contributed by atoms with van der Waals surface area (Å²) in [6, 6.07) is 7.10. The molecular weight excluding hydrogens is 420 g/mol. The molecule has 2 aromatic rings. The Morgan fingerprint density at radius 3 is 2.96 bits per heavy atom. The van der Waals surface area contributed by atoms with Crippen LogP contribution in [0.3, 0.4) is 0 Å². The van der Waals surface area contributed by atoms with Crippen LogP contribution in [-0.2, 0) is 9.59 Å². The van der Waals surface area contributed by atoms with Gasteiger partial charge in [0, 0.05) is 22.3 Å². The number of nitrogens with zero attached hydrogens (tertiary/aromatic N) is 1. The van der Waals surface area contributed by atoms with Crippen molar-refractivity contribution in [3.05, 3.63) is 44.7 Å². The maximum Gasteiger partial charge on any atom is 0.257 e. The lowest BCUT2D eigenvalue weighted by molar-refractivity contribution is -0.123. The summed E-state index contributed by atoms with van der Waals surface area (Å²) in [6.45, 7) is 2.02. The third-order valence-electron chi connectivity index (χ3n) is 3.78. The number of rotatable bonds is 5. The van der Waals surface area contributed by atoms with Gasteiger partial charge in [0.05, 0.1) is 11.5 Å². The fourth-order valence-corrected chi connectivity index (χ4v) is 3.75. The molecule has 3 N–H and O–H groups in total. The second-order valence-electron chi connectivity index (χ2n) is 5.79. The Morgan fingerprint density at radius 1 is 1.42 bits per heavy atom. The van der Waals surface area contributed by atoms with Gasteiger partial charge in [0.25, 0.3) is 5.56 Å². The monoisotopic (exact) mass is 436 g/mol. The predicted octanol–water partition coefficient (Wildman–Crippen LogP) is 3.10. The number of carbonyl (C=O) groups is 2. The molecule has 1 aliphatic rings. The van der Waals surface area contributed by atoms with Crippen molar-refractivity contribution in [3.8, 4) is 0 Å². The third-order valence-corrected chi connectivity index (χ3v) is 5.35. The first-order chi connectivity index (χ1) is 12.5. The predicted molar refractivity (Wildman–Crippen MR) is 105 cm³/mol. The van der Waals surface area contributed by atoms with Crippen LogP contribution < -0.4 is 16.2 Å². The summed E-state index contributed by atoms with van der Waals surface area (Å²) < 4.78 is 0.814. The minimum Gasteiger partial charge on any atom is -0.326 e. The topological polar surface area (TPSA) is 104 Å². The van der Waals surface area contributed by atoms with Crippen molar-refractivity contribution >= 4 is 51.0 Å². The summed E-state index contributed by atoms with van der Waals surface area (Å²) in [5.74, 6) is -0.684. The van der Waals surface area contributed by atoms with Gasteiger partial charge in [-0.25, -0.2) is 4.98 Å². The molecule has 1 aromatic carbocycles. The summed E-state index contributed by atoms with van der Waals surface area (Å²) in [4.78, 5) is 44.3. The number of aromatic nitrogens is 2. The Morgan fingerprint density at radius 2 is 2.23 bits per heavy atom. The second-order valence-corrected chi connectivity index (χ2v) is 7.79. The Bertz CT molecular complexity index is 915. The molecule has 7 nitrogen and oxygen atoms in total. The lowest BCUT2D eigenvalue weighted by Gasteiger charge is -2.23. The molecule has 26 heavy (non-hydrogen) atoms. The molecule has 0 aliphatic carbocycles. The Labute approximate surface area is 162 Å². The number of carbonyl (C=O) groups excluding carboxylic acids is 2. The van der Waals surface area contributed by atoms with E-state index in [1.807, 2.05) is 13.0 Å². The highest BCUT2D eigenvalue weighted by atomic mass is 79.9. The number of anilines is 2. The van der Waals surface area contributed by atoms with E-state index in [0.29, 0.717) is 10.8 Å². The number of fused-ring (bicyclic) bond motifs is 1. The van der Waals surface area contributed by atoms with Crippen molar-refractivity contribution in [2.75, 3.05) is 16.4 Å². The first-order valence-corrected chi connectivity index (χ1v) is 9.89. The van der Waals surface area contributed by atoms with Crippen LogP contribution in [0.1, 0.15) is 31.2 Å². The highest BCUT2D eigenvalue weighted by Gasteiger charge is 2.34. The van der Waals surface area contributed by atoms with Gasteiger partial charge < -0.3 is 15.6 Å². The van der Waals surface area contributed by atoms with Gasteiger partial charge in [0.1, 0.15) is 5.82 Å². The minimum absolute atomic E-state index is 0.0982. The van der Waals surface area contributed by atoms with Crippen LogP contribution >= 0.6 is 27.7 Å². The zero-order chi connectivity index (χ0) is 18.7. The summed E-state index contributed by atoms with van der Waals surface area (Å²) in [5.41, 5.74) is 0.373. The number of thioether (sulfide) groups is 1. The lowest BCUT2D eigenvalue weighted by Crippen LogP contribution is -2.36. The van der Waals surface area contributed by atoms with Crippen LogP contribution in [-0.4, -0.2) is 27.5 Å². The van der Waals surface area contributed by atoms with Gasteiger partial charge >= 0.3 is 0 Å². The average molecular weight is 437 g/mol. The van der Waals surface area contributed by atoms with Crippen molar-refractivity contribution in [2.24, 2.45) is 0 Å². The van der Waals surface area contributed by atoms with E-state index in [1.54, 1.807) is 18.2 Å². The van der Waals surface area contributed by atoms with Crippen molar-refractivity contribution in [1.29, 1.82) is 0 Å². The fourth-order valence-electron chi connectivity index (χ4n) is 2.64. The number of halogens is 1. The number of hydrogen-bond donors (Lipinski definition) is 3. The van der Waals surface area contributed by atoms with Crippen molar-refractivity contribution in [3.63, 3.8) is 0 Å². The van der Waals surface area contributed by atoms with E-state index in [-0.39, 0.29) is 23.7 Å². The summed E-state index contributed by atoms with van der Waals surface area (Å²) >= 11 is 4.74. The maximum atomic E-state index is 12.7. The van der Waals surface area contributed by atoms with E-state index in [9.17, 15) is 14.4 Å². The molecule has 9 heteroatoms. The van der Waals surface area contributed by atoms with Crippen molar-refractivity contribution in [2.45, 2.75) is 30.8 Å². The molecule has 1 aliphatic heterocycles. The molecule has 2 amide bonds. The Hall–Kier alpha value is -2.13. The highest BCUT2D eigenvalue weighted by Crippen LogP contribution is 2.30. The highest BCUT2D eigenvalue weighted by molar-refractivity contribution is 9.10. The van der Waals surface area contributed by atoms with Crippen molar-refractivity contribution in [1.82, 2.24) is 9.97 Å². The van der Waals surface area contributed by atoms with E-state index in [1.165, 1.54) is 11.8 Å². The molecule has 0 unspecified atom stereocenters. The molecule has 136 valence electrons. The van der Waals surface area contributed by atoms with Gasteiger partial charge in [-0.2, -0.15) is 0 Å². The van der Waals surface area contributed by atoms with E-state index >= 15 is 0 Å². The molecule has 1 aromatic heterocycles. The van der Waals surface area contributed by atoms with E-state index in [4.69, 9.17) is 0 Å². The number of nitrogens with one attached hydrogen (secondary N) is 3. The Balaban J connectivity index is 1.91. The standard InChI is InChI=1S/C17H17BrN4O3S/c1-2-6-26-17-21-14-13(16(25)22-17)11(8-12(23)20-14)15(24)19-10-5-3-4-9(18)7-10/h3-5,7,11H,2,6,8H2,1H3,(H,19,24)(H2,20,21,22,23,25)/t11-/m0/s1. The van der Waals surface area contributed by atoms with Crippen LogP contribution in [0.5, 0.6) is 0 Å². The molecule has 0 saturated heterocycles. The Kier molecular flexibility index (Phi) is 5.77. The molecule has 3 rings (SSSR count). The first-order valence-electron chi connectivity index (χ1n) is 8.11. The molecule has 0 bridgehead atoms. The van der Waals surface area contributed by atoms with Gasteiger partial charge in [-0.3, -0.25) is 14.4 Å². The molecular formula is C17H17BrN4O3S. The second kappa shape index (κ2) is 8.05. The van der Waals surface area contributed by atoms with E-state index < -0.39 is 17.4 Å². The average Bonchev–Trinajstić information content (AvgIpc) is 2.58. The van der Waals surface area contributed by atoms with Gasteiger partial charge in [0.15, 0.2) is 5.16 Å². The third kappa shape index (κ3) is 4.16. The van der Waals surface area contributed by atoms with Crippen LogP contribution in [0.4, 0.5) is 11.5 Å². The largest absolute Gasteiger partial charge is 0.326 e. The normalized spacial score (nSPS) is 15.9. The van der Waals surface area contributed by atoms with Crippen LogP contribution in [0, 0.1) is 0 Å². The maximum absolute atomic E-state index is 12.7. The molecule has 0 saturated carbocycles. The lowest BCUT2D eigenvalue weighted by atomic mass is 9.92. The van der Waals surface area contributed by atoms with Gasteiger partial charge in [-0.1, -0.05) is 40.7 Å². The van der Waals surface area contributed by atoms with Gasteiger partial charge in [-0.15, -0.1) is 0 Å². The van der Waals surface area contributed by atoms with E-state index in [0.717, 1.165) is 16.6 Å². The first kappa shape index (κ1) is 18.7. The van der Waals surface area contributed by atoms with Gasteiger partial charge in [-0.05, 0) is 24.6 Å². The zero-order valence-corrected chi connectivity index (χ0v) is 16.4. The SMILES string of the molecule is CCCSc1nc2c(c(=O)[nH]1)[C@@H](C(=O)Nc1cccc(Br)c1)CC(=O)N2. The minimum atomic E-state index is -0.890. The number of amides is 2. The van der Waals surface area contributed by atoms with Crippen molar-refractivity contribution < 1.29 is 9.59 Å².